The average Bonchev–Trinajstić information content (AvgIpc) is 3.60. The molecular weight excluding hydrogens is 544 g/mol. The zero-order valence-electron chi connectivity index (χ0n) is 21.3. The Hall–Kier alpha value is -3.35. The van der Waals surface area contributed by atoms with Gasteiger partial charge in [0, 0.05) is 71.3 Å². The van der Waals surface area contributed by atoms with Crippen molar-refractivity contribution < 1.29 is 23.9 Å². The molecule has 4 aliphatic heterocycles. The van der Waals surface area contributed by atoms with Crippen LogP contribution in [0.4, 0.5) is 5.82 Å². The van der Waals surface area contributed by atoms with Gasteiger partial charge in [0.2, 0.25) is 6.79 Å². The van der Waals surface area contributed by atoms with Crippen molar-refractivity contribution in [2.45, 2.75) is 31.4 Å². The molecule has 1 amide bonds. The number of thiocarbonyl (C=S) groups is 1. The summed E-state index contributed by atoms with van der Waals surface area (Å²) in [5.41, 5.74) is 1.02. The van der Waals surface area contributed by atoms with Gasteiger partial charge in [-0.05, 0) is 42.0 Å². The molecule has 0 aliphatic carbocycles. The highest BCUT2D eigenvalue weighted by atomic mass is 35.5. The number of pyridine rings is 1. The average molecular weight is 573 g/mol. The number of piperidine rings is 1. The summed E-state index contributed by atoms with van der Waals surface area (Å²) in [5, 5.41) is 10.1. The van der Waals surface area contributed by atoms with Crippen molar-refractivity contribution in [1.29, 1.82) is 0 Å². The SMILES string of the molecule is O=C(C1=NOC2(CCN(OC(=S)NCc3ccc4c(c3)OCO4)CC2)C1)N1CCN(c2ncccc2Cl)CC1. The number of benzene rings is 1. The number of aromatic nitrogens is 1. The van der Waals surface area contributed by atoms with Crippen molar-refractivity contribution in [1.82, 2.24) is 20.3 Å². The number of hydrogen-bond donors (Lipinski definition) is 1. The van der Waals surface area contributed by atoms with Gasteiger partial charge >= 0.3 is 0 Å². The van der Waals surface area contributed by atoms with E-state index in [0.29, 0.717) is 81.0 Å². The van der Waals surface area contributed by atoms with Gasteiger partial charge < -0.3 is 34.3 Å². The maximum absolute atomic E-state index is 13.2. The number of fused-ring (bicyclic) bond motifs is 1. The maximum atomic E-state index is 13.2. The zero-order valence-corrected chi connectivity index (χ0v) is 22.9. The highest BCUT2D eigenvalue weighted by Gasteiger charge is 2.45. The number of nitrogens with one attached hydrogen (secondary N) is 1. The van der Waals surface area contributed by atoms with Gasteiger partial charge in [-0.15, -0.1) is 5.06 Å². The number of hydrogen-bond acceptors (Lipinski definition) is 10. The molecule has 2 aromatic rings. The standard InChI is InChI=1S/C26H29ClN6O5S/c27-19-2-1-7-28-23(19)31-10-12-32(13-11-31)24(34)20-15-26(38-30-20)5-8-33(9-6-26)37-25(39)29-16-18-3-4-21-22(14-18)36-17-35-21/h1-4,7,14H,5-6,8-13,15-17H2,(H,29,39). The highest BCUT2D eigenvalue weighted by Crippen LogP contribution is 2.36. The molecule has 0 saturated carbocycles. The van der Waals surface area contributed by atoms with Gasteiger partial charge in [0.15, 0.2) is 11.5 Å². The second-order valence-electron chi connectivity index (χ2n) is 9.93. The normalized spacial score (nSPS) is 20.0. The smallest absolute Gasteiger partial charge is 0.278 e. The predicted octanol–water partition coefficient (Wildman–Crippen LogP) is 2.73. The van der Waals surface area contributed by atoms with Crippen LogP contribution in [0.5, 0.6) is 11.5 Å². The van der Waals surface area contributed by atoms with E-state index in [2.05, 4.69) is 20.4 Å². The first-order chi connectivity index (χ1) is 19.0. The maximum Gasteiger partial charge on any atom is 0.278 e. The van der Waals surface area contributed by atoms with Crippen LogP contribution in [0.15, 0.2) is 41.7 Å². The molecule has 2 saturated heterocycles. The number of piperazine rings is 1. The van der Waals surface area contributed by atoms with Crippen LogP contribution in [0, 0.1) is 0 Å². The van der Waals surface area contributed by atoms with Gasteiger partial charge in [0.25, 0.3) is 11.1 Å². The van der Waals surface area contributed by atoms with E-state index in [4.69, 9.17) is 43.0 Å². The number of nitrogens with zero attached hydrogens (tertiary/aromatic N) is 5. The lowest BCUT2D eigenvalue weighted by Gasteiger charge is -2.37. The summed E-state index contributed by atoms with van der Waals surface area (Å²) in [7, 11) is 0. The Morgan fingerprint density at radius 1 is 1.10 bits per heavy atom. The molecule has 5 heterocycles. The number of amides is 1. The molecule has 2 fully saturated rings. The predicted molar refractivity (Wildman–Crippen MR) is 148 cm³/mol. The number of halogens is 1. The summed E-state index contributed by atoms with van der Waals surface area (Å²) in [6, 6.07) is 9.40. The van der Waals surface area contributed by atoms with E-state index in [9.17, 15) is 4.79 Å². The van der Waals surface area contributed by atoms with Crippen molar-refractivity contribution in [3.05, 3.63) is 47.1 Å². The molecule has 1 aromatic heterocycles. The van der Waals surface area contributed by atoms with Gasteiger partial charge in [-0.2, -0.15) is 0 Å². The van der Waals surface area contributed by atoms with Crippen LogP contribution in [0.25, 0.3) is 0 Å². The molecule has 1 N–H and O–H groups in total. The van der Waals surface area contributed by atoms with Crippen molar-refractivity contribution in [2.24, 2.45) is 5.16 Å². The fourth-order valence-electron chi connectivity index (χ4n) is 5.18. The van der Waals surface area contributed by atoms with E-state index in [1.807, 2.05) is 40.3 Å². The van der Waals surface area contributed by atoms with Gasteiger partial charge in [0.05, 0.1) is 5.02 Å². The summed E-state index contributed by atoms with van der Waals surface area (Å²) in [6.07, 6.45) is 3.59. The second-order valence-corrected chi connectivity index (χ2v) is 10.7. The van der Waals surface area contributed by atoms with E-state index >= 15 is 0 Å². The van der Waals surface area contributed by atoms with Crippen LogP contribution in [-0.2, 0) is 21.0 Å². The fraction of sp³-hybridized carbons (Fsp3) is 0.462. The molecule has 1 aromatic carbocycles. The van der Waals surface area contributed by atoms with Crippen LogP contribution in [0.1, 0.15) is 24.8 Å². The van der Waals surface area contributed by atoms with E-state index in [0.717, 1.165) is 22.9 Å². The Labute approximate surface area is 236 Å². The van der Waals surface area contributed by atoms with Crippen molar-refractivity contribution in [2.75, 3.05) is 51.0 Å². The van der Waals surface area contributed by atoms with E-state index in [1.54, 1.807) is 6.20 Å². The third-order valence-corrected chi connectivity index (χ3v) is 7.92. The minimum absolute atomic E-state index is 0.0637. The van der Waals surface area contributed by atoms with Gasteiger partial charge in [-0.1, -0.05) is 22.8 Å². The first-order valence-electron chi connectivity index (χ1n) is 13.0. The Balaban J connectivity index is 0.933. The van der Waals surface area contributed by atoms with E-state index in [1.165, 1.54) is 0 Å². The third kappa shape index (κ3) is 5.68. The monoisotopic (exact) mass is 572 g/mol. The van der Waals surface area contributed by atoms with Crippen molar-refractivity contribution in [3.8, 4) is 11.5 Å². The molecule has 0 radical (unpaired) electrons. The molecule has 4 aliphatic rings. The Morgan fingerprint density at radius 3 is 2.69 bits per heavy atom. The highest BCUT2D eigenvalue weighted by molar-refractivity contribution is 7.80. The van der Waals surface area contributed by atoms with Gasteiger partial charge in [0.1, 0.15) is 17.1 Å². The first kappa shape index (κ1) is 25.9. The van der Waals surface area contributed by atoms with Gasteiger partial charge in [-0.25, -0.2) is 4.98 Å². The molecule has 1 spiro atoms. The van der Waals surface area contributed by atoms with Crippen LogP contribution >= 0.6 is 23.8 Å². The topological polar surface area (TPSA) is 101 Å². The summed E-state index contributed by atoms with van der Waals surface area (Å²) < 4.78 is 10.8. The molecule has 13 heteroatoms. The Kier molecular flexibility index (Phi) is 7.32. The quantitative estimate of drug-likeness (QED) is 0.538. The largest absolute Gasteiger partial charge is 0.454 e. The van der Waals surface area contributed by atoms with Crippen LogP contribution in [0.2, 0.25) is 5.02 Å². The number of rotatable bonds is 5. The summed E-state index contributed by atoms with van der Waals surface area (Å²) in [6.45, 7) is 4.48. The number of anilines is 1. The number of ether oxygens (including phenoxy) is 2. The fourth-order valence-corrected chi connectivity index (χ4v) is 5.60. The second kappa shape index (κ2) is 11.0. The molecule has 0 bridgehead atoms. The Bertz CT molecular complexity index is 1280. The van der Waals surface area contributed by atoms with Crippen LogP contribution in [-0.4, -0.2) is 83.4 Å². The molecular formula is C26H29ClN6O5S. The minimum Gasteiger partial charge on any atom is -0.454 e. The lowest BCUT2D eigenvalue weighted by Crippen LogP contribution is -2.51. The molecule has 39 heavy (non-hydrogen) atoms. The number of carbonyl (C=O) groups excluding carboxylic acids is 1. The third-order valence-electron chi connectivity index (χ3n) is 7.41. The lowest BCUT2D eigenvalue weighted by molar-refractivity contribution is -0.145. The van der Waals surface area contributed by atoms with Crippen LogP contribution in [0.3, 0.4) is 0 Å². The van der Waals surface area contributed by atoms with E-state index in [-0.39, 0.29) is 12.7 Å². The zero-order chi connectivity index (χ0) is 26.8. The molecule has 11 nitrogen and oxygen atoms in total. The summed E-state index contributed by atoms with van der Waals surface area (Å²) in [5.74, 6) is 2.17. The van der Waals surface area contributed by atoms with Crippen molar-refractivity contribution in [3.63, 3.8) is 0 Å². The molecule has 6 rings (SSSR count). The first-order valence-corrected chi connectivity index (χ1v) is 13.8. The molecule has 206 valence electrons. The lowest BCUT2D eigenvalue weighted by atomic mass is 9.87. The Morgan fingerprint density at radius 2 is 1.90 bits per heavy atom. The van der Waals surface area contributed by atoms with Gasteiger partial charge in [-0.3, -0.25) is 4.79 Å². The van der Waals surface area contributed by atoms with Crippen molar-refractivity contribution >= 4 is 46.4 Å². The number of oxime groups is 1. The summed E-state index contributed by atoms with van der Waals surface area (Å²) >= 11 is 11.7. The number of carbonyl (C=O) groups is 1. The molecule has 0 atom stereocenters. The van der Waals surface area contributed by atoms with Crippen LogP contribution < -0.4 is 19.7 Å². The number of hydroxylamine groups is 2. The minimum atomic E-state index is -0.476. The summed E-state index contributed by atoms with van der Waals surface area (Å²) in [4.78, 5) is 33.2. The molecule has 0 unspecified atom stereocenters. The van der Waals surface area contributed by atoms with E-state index < -0.39 is 5.60 Å².